The summed E-state index contributed by atoms with van der Waals surface area (Å²) in [5.74, 6) is 0.319. The zero-order valence-corrected chi connectivity index (χ0v) is 19.1. The van der Waals surface area contributed by atoms with Crippen LogP contribution in [0.25, 0.3) is 11.1 Å². The fourth-order valence-electron chi connectivity index (χ4n) is 4.59. The van der Waals surface area contributed by atoms with E-state index in [1.54, 1.807) is 6.92 Å². The van der Waals surface area contributed by atoms with Crippen LogP contribution in [-0.4, -0.2) is 17.7 Å². The number of esters is 1. The third-order valence-corrected chi connectivity index (χ3v) is 6.38. The topological polar surface area (TPSA) is 46.5 Å². The molecule has 0 aromatic heterocycles. The minimum Gasteiger partial charge on any atom is -0.457 e. The van der Waals surface area contributed by atoms with Gasteiger partial charge >= 0.3 is 5.97 Å². The highest BCUT2D eigenvalue weighted by atomic mass is 16.5. The van der Waals surface area contributed by atoms with Crippen LogP contribution in [0.3, 0.4) is 0 Å². The molecule has 0 atom stereocenters. The van der Waals surface area contributed by atoms with Gasteiger partial charge in [-0.15, -0.1) is 0 Å². The number of rotatable bonds is 9. The van der Waals surface area contributed by atoms with E-state index in [0.29, 0.717) is 11.5 Å². The second-order valence-corrected chi connectivity index (χ2v) is 8.78. The van der Waals surface area contributed by atoms with Crippen molar-refractivity contribution < 1.29 is 14.6 Å². The normalized spacial score (nSPS) is 14.4. The third kappa shape index (κ3) is 6.07. The first-order valence-electron chi connectivity index (χ1n) is 11.7. The Balaban J connectivity index is 1.94. The SMILES string of the molecule is C=C(C)C(=O)OCc1cc(CCCO)ccc1-c1ccc(C2CCCCC2)cc1CC. The summed E-state index contributed by atoms with van der Waals surface area (Å²) in [4.78, 5) is 12.0. The first-order valence-corrected chi connectivity index (χ1v) is 11.7. The molecule has 0 spiro atoms. The average Bonchev–Trinajstić information content (AvgIpc) is 2.81. The highest BCUT2D eigenvalue weighted by molar-refractivity contribution is 5.87. The smallest absolute Gasteiger partial charge is 0.333 e. The highest BCUT2D eigenvalue weighted by Crippen LogP contribution is 2.36. The summed E-state index contributed by atoms with van der Waals surface area (Å²) in [6, 6.07) is 13.3. The van der Waals surface area contributed by atoms with Gasteiger partial charge in [0.05, 0.1) is 0 Å². The zero-order chi connectivity index (χ0) is 22.2. The van der Waals surface area contributed by atoms with Crippen molar-refractivity contribution in [1.29, 1.82) is 0 Å². The van der Waals surface area contributed by atoms with E-state index >= 15 is 0 Å². The fraction of sp³-hybridized carbons (Fsp3) is 0.464. The van der Waals surface area contributed by atoms with Crippen LogP contribution in [0.15, 0.2) is 48.6 Å². The Morgan fingerprint density at radius 1 is 1.06 bits per heavy atom. The van der Waals surface area contributed by atoms with E-state index in [9.17, 15) is 9.90 Å². The van der Waals surface area contributed by atoms with Crippen LogP contribution in [0, 0.1) is 0 Å². The second kappa shape index (κ2) is 11.3. The number of hydrogen-bond acceptors (Lipinski definition) is 3. The summed E-state index contributed by atoms with van der Waals surface area (Å²) in [6.45, 7) is 7.95. The van der Waals surface area contributed by atoms with Gasteiger partial charge in [0.2, 0.25) is 0 Å². The van der Waals surface area contributed by atoms with Gasteiger partial charge in [-0.2, -0.15) is 0 Å². The van der Waals surface area contributed by atoms with Crippen LogP contribution < -0.4 is 0 Å². The highest BCUT2D eigenvalue weighted by Gasteiger charge is 2.18. The summed E-state index contributed by atoms with van der Waals surface area (Å²) in [5, 5.41) is 9.19. The molecule has 31 heavy (non-hydrogen) atoms. The molecule has 3 rings (SSSR count). The van der Waals surface area contributed by atoms with Gasteiger partial charge in [0.15, 0.2) is 0 Å². The maximum Gasteiger partial charge on any atom is 0.333 e. The molecule has 0 aliphatic heterocycles. The lowest BCUT2D eigenvalue weighted by Gasteiger charge is -2.23. The Hall–Kier alpha value is -2.39. The van der Waals surface area contributed by atoms with Crippen molar-refractivity contribution in [3.8, 4) is 11.1 Å². The fourth-order valence-corrected chi connectivity index (χ4v) is 4.59. The number of aliphatic hydroxyl groups excluding tert-OH is 1. The lowest BCUT2D eigenvalue weighted by Crippen LogP contribution is -2.07. The van der Waals surface area contributed by atoms with Gasteiger partial charge in [0, 0.05) is 12.2 Å². The number of aliphatic hydroxyl groups is 1. The Morgan fingerprint density at radius 2 is 1.77 bits per heavy atom. The molecule has 3 nitrogen and oxygen atoms in total. The molecular weight excluding hydrogens is 384 g/mol. The van der Waals surface area contributed by atoms with Crippen LogP contribution in [-0.2, 0) is 29.0 Å². The summed E-state index contributed by atoms with van der Waals surface area (Å²) in [6.07, 6.45) is 9.12. The lowest BCUT2D eigenvalue weighted by molar-refractivity contribution is -0.140. The largest absolute Gasteiger partial charge is 0.457 e. The van der Waals surface area contributed by atoms with Crippen molar-refractivity contribution in [2.45, 2.75) is 77.7 Å². The molecule has 1 aliphatic rings. The lowest BCUT2D eigenvalue weighted by atomic mass is 9.82. The van der Waals surface area contributed by atoms with Crippen LogP contribution in [0.2, 0.25) is 0 Å². The monoisotopic (exact) mass is 420 g/mol. The Morgan fingerprint density at radius 3 is 2.45 bits per heavy atom. The van der Waals surface area contributed by atoms with Gasteiger partial charge in [0.1, 0.15) is 6.61 Å². The predicted octanol–water partition coefficient (Wildman–Crippen LogP) is 6.51. The number of carbonyl (C=O) groups excluding carboxylic acids is 1. The summed E-state index contributed by atoms with van der Waals surface area (Å²) in [5.41, 5.74) is 7.71. The van der Waals surface area contributed by atoms with Gasteiger partial charge in [-0.1, -0.05) is 69.2 Å². The summed E-state index contributed by atoms with van der Waals surface area (Å²) >= 11 is 0. The number of aryl methyl sites for hydroxylation is 2. The Bertz CT molecular complexity index is 906. The number of carbonyl (C=O) groups is 1. The summed E-state index contributed by atoms with van der Waals surface area (Å²) in [7, 11) is 0. The van der Waals surface area contributed by atoms with E-state index in [1.807, 2.05) is 0 Å². The maximum absolute atomic E-state index is 12.0. The molecule has 0 heterocycles. The van der Waals surface area contributed by atoms with Crippen molar-refractivity contribution >= 4 is 5.97 Å². The zero-order valence-electron chi connectivity index (χ0n) is 19.1. The van der Waals surface area contributed by atoms with Crippen molar-refractivity contribution in [3.63, 3.8) is 0 Å². The van der Waals surface area contributed by atoms with Gasteiger partial charge in [-0.05, 0) is 78.3 Å². The molecule has 0 saturated heterocycles. The second-order valence-electron chi connectivity index (χ2n) is 8.78. The van der Waals surface area contributed by atoms with Gasteiger partial charge in [-0.25, -0.2) is 4.79 Å². The maximum atomic E-state index is 12.0. The van der Waals surface area contributed by atoms with Crippen LogP contribution in [0.1, 0.15) is 80.5 Å². The van der Waals surface area contributed by atoms with Gasteiger partial charge in [-0.3, -0.25) is 0 Å². The summed E-state index contributed by atoms with van der Waals surface area (Å²) < 4.78 is 5.52. The molecule has 0 unspecified atom stereocenters. The van der Waals surface area contributed by atoms with Gasteiger partial charge < -0.3 is 9.84 Å². The molecule has 1 aliphatic carbocycles. The molecule has 3 heteroatoms. The van der Waals surface area contributed by atoms with E-state index in [4.69, 9.17) is 4.74 Å². The van der Waals surface area contributed by atoms with Crippen molar-refractivity contribution in [3.05, 3.63) is 70.8 Å². The number of hydrogen-bond donors (Lipinski definition) is 1. The van der Waals surface area contributed by atoms with Crippen molar-refractivity contribution in [2.75, 3.05) is 6.61 Å². The molecule has 1 fully saturated rings. The molecule has 1 N–H and O–H groups in total. The van der Waals surface area contributed by atoms with Crippen LogP contribution in [0.4, 0.5) is 0 Å². The first kappa shape index (κ1) is 23.3. The molecular formula is C28H36O3. The Kier molecular flexibility index (Phi) is 8.48. The molecule has 0 amide bonds. The van der Waals surface area contributed by atoms with E-state index in [1.165, 1.54) is 48.8 Å². The molecule has 1 saturated carbocycles. The van der Waals surface area contributed by atoms with Crippen LogP contribution in [0.5, 0.6) is 0 Å². The number of benzene rings is 2. The van der Waals surface area contributed by atoms with E-state index < -0.39 is 0 Å². The van der Waals surface area contributed by atoms with Crippen molar-refractivity contribution in [2.24, 2.45) is 0 Å². The van der Waals surface area contributed by atoms with Gasteiger partial charge in [0.25, 0.3) is 0 Å². The Labute approximate surface area is 187 Å². The minimum atomic E-state index is -0.366. The molecule has 0 radical (unpaired) electrons. The van der Waals surface area contributed by atoms with Crippen molar-refractivity contribution in [1.82, 2.24) is 0 Å². The molecule has 2 aromatic rings. The van der Waals surface area contributed by atoms with E-state index in [-0.39, 0.29) is 19.2 Å². The van der Waals surface area contributed by atoms with Crippen LogP contribution >= 0.6 is 0 Å². The standard InChI is InChI=1S/C28H36O3/c1-4-22-18-24(23-10-6-5-7-11-23)13-15-26(22)27-14-12-21(9-8-16-29)17-25(27)19-31-28(30)20(2)3/h12-15,17-18,23,29H,2,4-11,16,19H2,1,3H3. The molecule has 0 bridgehead atoms. The average molecular weight is 421 g/mol. The molecule has 166 valence electrons. The first-order chi connectivity index (χ1) is 15.0. The third-order valence-electron chi connectivity index (χ3n) is 6.38. The predicted molar refractivity (Wildman–Crippen MR) is 127 cm³/mol. The number of ether oxygens (including phenoxy) is 1. The molecule has 2 aromatic carbocycles. The minimum absolute atomic E-state index is 0.171. The van der Waals surface area contributed by atoms with E-state index in [2.05, 4.69) is 49.9 Å². The quantitative estimate of drug-likeness (QED) is 0.372. The van der Waals surface area contributed by atoms with E-state index in [0.717, 1.165) is 36.0 Å².